The van der Waals surface area contributed by atoms with Crippen LogP contribution < -0.4 is 5.32 Å². The van der Waals surface area contributed by atoms with Crippen LogP contribution in [0.15, 0.2) is 36.9 Å². The van der Waals surface area contributed by atoms with E-state index in [9.17, 15) is 0 Å². The number of halogens is 1. The Kier molecular flexibility index (Phi) is 6.78. The highest BCUT2D eigenvalue weighted by atomic mass is 35.5. The van der Waals surface area contributed by atoms with Crippen molar-refractivity contribution < 1.29 is 4.74 Å². The zero-order chi connectivity index (χ0) is 14.9. The molecule has 1 aliphatic heterocycles. The van der Waals surface area contributed by atoms with E-state index in [-0.39, 0.29) is 6.04 Å². The summed E-state index contributed by atoms with van der Waals surface area (Å²) < 4.78 is 5.33. The molecule has 1 unspecified atom stereocenters. The van der Waals surface area contributed by atoms with Gasteiger partial charge in [-0.15, -0.1) is 6.58 Å². The summed E-state index contributed by atoms with van der Waals surface area (Å²) >= 11 is 5.94. The van der Waals surface area contributed by atoms with Crippen LogP contribution in [-0.2, 0) is 4.74 Å². The lowest BCUT2D eigenvalue weighted by molar-refractivity contribution is 0.0443. The molecule has 0 spiro atoms. The van der Waals surface area contributed by atoms with E-state index in [0.29, 0.717) is 0 Å². The van der Waals surface area contributed by atoms with Crippen molar-refractivity contribution in [3.63, 3.8) is 0 Å². The quantitative estimate of drug-likeness (QED) is 0.668. The largest absolute Gasteiger partial charge is 0.379 e. The first kappa shape index (κ1) is 16.1. The van der Waals surface area contributed by atoms with Gasteiger partial charge in [-0.2, -0.15) is 0 Å². The third kappa shape index (κ3) is 5.53. The normalized spacial score (nSPS) is 16.8. The fourth-order valence-corrected chi connectivity index (χ4v) is 2.25. The third-order valence-electron chi connectivity index (χ3n) is 3.32. The smallest absolute Gasteiger partial charge is 0.0948 e. The summed E-state index contributed by atoms with van der Waals surface area (Å²) in [5, 5.41) is 4.10. The fourth-order valence-electron chi connectivity index (χ4n) is 2.13. The Morgan fingerprint density at radius 1 is 1.33 bits per heavy atom. The van der Waals surface area contributed by atoms with Gasteiger partial charge in [0.15, 0.2) is 0 Å². The molecule has 112 valence electrons. The summed E-state index contributed by atoms with van der Waals surface area (Å²) in [6, 6.07) is 7.80. The first-order valence-corrected chi connectivity index (χ1v) is 7.55. The van der Waals surface area contributed by atoms with Gasteiger partial charge in [0.25, 0.3) is 0 Å². The lowest BCUT2D eigenvalue weighted by Gasteiger charge is -2.24. The first-order valence-electron chi connectivity index (χ1n) is 7.18. The summed E-state index contributed by atoms with van der Waals surface area (Å²) in [5.41, 5.74) is 1.12. The van der Waals surface area contributed by atoms with Crippen molar-refractivity contribution in [1.82, 2.24) is 10.2 Å². The van der Waals surface area contributed by atoms with Gasteiger partial charge in [0, 0.05) is 24.7 Å². The Balaban J connectivity index is 1.98. The highest BCUT2D eigenvalue weighted by Gasteiger charge is 2.09. The summed E-state index contributed by atoms with van der Waals surface area (Å²) in [6.07, 6.45) is 1.84. The molecule has 3 nitrogen and oxygen atoms in total. The van der Waals surface area contributed by atoms with Crippen LogP contribution in [0.2, 0.25) is 5.02 Å². The van der Waals surface area contributed by atoms with E-state index in [2.05, 4.69) is 28.6 Å². The molecule has 4 heteroatoms. The van der Waals surface area contributed by atoms with Crippen molar-refractivity contribution in [2.24, 2.45) is 0 Å². The highest BCUT2D eigenvalue weighted by Crippen LogP contribution is 2.16. The first-order chi connectivity index (χ1) is 10.3. The number of hydrogen-bond donors (Lipinski definition) is 1. The molecular formula is C17H21ClN2O. The van der Waals surface area contributed by atoms with Crippen molar-refractivity contribution in [3.05, 3.63) is 47.5 Å². The Morgan fingerprint density at radius 2 is 2.05 bits per heavy atom. The van der Waals surface area contributed by atoms with Crippen LogP contribution in [0.25, 0.3) is 0 Å². The molecule has 0 bridgehead atoms. The molecule has 0 radical (unpaired) electrons. The third-order valence-corrected chi connectivity index (χ3v) is 3.57. The maximum Gasteiger partial charge on any atom is 0.0948 e. The number of hydrogen-bond acceptors (Lipinski definition) is 3. The molecule has 0 aromatic heterocycles. The maximum absolute atomic E-state index is 5.94. The fraction of sp³-hybridized carbons (Fsp3) is 0.412. The molecule has 0 aliphatic carbocycles. The van der Waals surface area contributed by atoms with E-state index in [1.54, 1.807) is 0 Å². The number of nitrogens with zero attached hydrogens (tertiary/aromatic N) is 1. The molecular weight excluding hydrogens is 284 g/mol. The Bertz CT molecular complexity index is 498. The van der Waals surface area contributed by atoms with Crippen molar-refractivity contribution in [1.29, 1.82) is 0 Å². The predicted molar refractivity (Wildman–Crippen MR) is 87.4 cm³/mol. The van der Waals surface area contributed by atoms with Crippen molar-refractivity contribution >= 4 is 11.6 Å². The van der Waals surface area contributed by atoms with Crippen LogP contribution in [0.4, 0.5) is 0 Å². The van der Waals surface area contributed by atoms with Crippen molar-refractivity contribution in [3.8, 4) is 11.8 Å². The summed E-state index contributed by atoms with van der Waals surface area (Å²) in [6.45, 7) is 8.77. The van der Waals surface area contributed by atoms with Crippen LogP contribution in [-0.4, -0.2) is 44.3 Å². The Labute approximate surface area is 131 Å². The lowest BCUT2D eigenvalue weighted by atomic mass is 10.1. The predicted octanol–water partition coefficient (Wildman–Crippen LogP) is 2.49. The average Bonchev–Trinajstić information content (AvgIpc) is 2.53. The maximum atomic E-state index is 5.94. The van der Waals surface area contributed by atoms with Crippen LogP contribution in [0.3, 0.4) is 0 Å². The van der Waals surface area contributed by atoms with Crippen LogP contribution in [0.5, 0.6) is 0 Å². The van der Waals surface area contributed by atoms with Gasteiger partial charge < -0.3 is 4.74 Å². The van der Waals surface area contributed by atoms with Gasteiger partial charge in [-0.3, -0.25) is 10.2 Å². The van der Waals surface area contributed by atoms with Gasteiger partial charge in [0.05, 0.1) is 25.8 Å². The van der Waals surface area contributed by atoms with Crippen LogP contribution >= 0.6 is 11.6 Å². The highest BCUT2D eigenvalue weighted by molar-refractivity contribution is 6.30. The standard InChI is InChI=1S/C17H21ClN2O/c1-2-9-19-17(15-5-7-16(18)8-6-15)4-3-10-20-11-13-21-14-12-20/h2,5-8,17,19H,1,9-14H2. The molecule has 1 heterocycles. The molecule has 1 aromatic carbocycles. The zero-order valence-corrected chi connectivity index (χ0v) is 12.9. The van der Waals surface area contributed by atoms with Gasteiger partial charge in [0.2, 0.25) is 0 Å². The van der Waals surface area contributed by atoms with Gasteiger partial charge in [0.1, 0.15) is 0 Å². The SMILES string of the molecule is C=CCNC(C#CCN1CCOCC1)c1ccc(Cl)cc1. The summed E-state index contributed by atoms with van der Waals surface area (Å²) in [7, 11) is 0. The molecule has 1 fully saturated rings. The van der Waals surface area contributed by atoms with Gasteiger partial charge in [-0.25, -0.2) is 0 Å². The second-order valence-electron chi connectivity index (χ2n) is 4.89. The average molecular weight is 305 g/mol. The minimum atomic E-state index is 0.00121. The number of ether oxygens (including phenoxy) is 1. The van der Waals surface area contributed by atoms with Gasteiger partial charge in [-0.05, 0) is 17.7 Å². The molecule has 0 saturated carbocycles. The minimum absolute atomic E-state index is 0.00121. The molecule has 1 atom stereocenters. The molecule has 2 rings (SSSR count). The van der Waals surface area contributed by atoms with E-state index in [1.807, 2.05) is 30.3 Å². The lowest BCUT2D eigenvalue weighted by Crippen LogP contribution is -2.36. The molecule has 0 amide bonds. The number of morpholine rings is 1. The molecule has 1 N–H and O–H groups in total. The monoisotopic (exact) mass is 304 g/mol. The van der Waals surface area contributed by atoms with E-state index in [1.165, 1.54) is 0 Å². The molecule has 1 saturated heterocycles. The second-order valence-corrected chi connectivity index (χ2v) is 5.33. The number of rotatable bonds is 5. The van der Waals surface area contributed by atoms with Gasteiger partial charge >= 0.3 is 0 Å². The number of nitrogens with one attached hydrogen (secondary N) is 1. The van der Waals surface area contributed by atoms with E-state index >= 15 is 0 Å². The Hall–Kier alpha value is -1.31. The minimum Gasteiger partial charge on any atom is -0.379 e. The van der Waals surface area contributed by atoms with E-state index < -0.39 is 0 Å². The van der Waals surface area contributed by atoms with E-state index in [4.69, 9.17) is 16.3 Å². The van der Waals surface area contributed by atoms with Crippen LogP contribution in [0, 0.1) is 11.8 Å². The Morgan fingerprint density at radius 3 is 2.71 bits per heavy atom. The van der Waals surface area contributed by atoms with Crippen molar-refractivity contribution in [2.75, 3.05) is 39.4 Å². The second kappa shape index (κ2) is 8.86. The van der Waals surface area contributed by atoms with Gasteiger partial charge in [-0.1, -0.05) is 41.7 Å². The summed E-state index contributed by atoms with van der Waals surface area (Å²) in [5.74, 6) is 6.57. The molecule has 1 aromatic rings. The number of benzene rings is 1. The molecule has 21 heavy (non-hydrogen) atoms. The zero-order valence-electron chi connectivity index (χ0n) is 12.1. The van der Waals surface area contributed by atoms with Crippen LogP contribution in [0.1, 0.15) is 11.6 Å². The topological polar surface area (TPSA) is 24.5 Å². The van der Waals surface area contributed by atoms with Crippen molar-refractivity contribution in [2.45, 2.75) is 6.04 Å². The van der Waals surface area contributed by atoms with E-state index in [0.717, 1.165) is 50.0 Å². The summed E-state index contributed by atoms with van der Waals surface area (Å²) in [4.78, 5) is 2.31. The molecule has 1 aliphatic rings.